The van der Waals surface area contributed by atoms with Gasteiger partial charge in [-0.3, -0.25) is 9.99 Å². The van der Waals surface area contributed by atoms with Gasteiger partial charge in [-0.05, 0) is 18.4 Å². The molecule has 0 aliphatic carbocycles. The first-order chi connectivity index (χ1) is 9.97. The van der Waals surface area contributed by atoms with E-state index in [-0.39, 0.29) is 25.2 Å². The molecule has 0 aliphatic heterocycles. The van der Waals surface area contributed by atoms with Crippen molar-refractivity contribution in [1.82, 2.24) is 10.9 Å². The zero-order valence-corrected chi connectivity index (χ0v) is 13.8. The number of hydrazine groups is 1. The van der Waals surface area contributed by atoms with Gasteiger partial charge in [-0.25, -0.2) is 10.2 Å². The fraction of sp³-hybridized carbons (Fsp3) is 0.462. The first-order valence-electron chi connectivity index (χ1n) is 6.71. The normalized spacial score (nSPS) is 10.6. The third-order valence-electron chi connectivity index (χ3n) is 2.65. The third kappa shape index (κ3) is 11.5. The Labute approximate surface area is 136 Å². The van der Waals surface area contributed by atoms with Gasteiger partial charge >= 0.3 is 13.7 Å². The molecule has 7 nitrogen and oxygen atoms in total. The first kappa shape index (κ1) is 20.9. The lowest BCUT2D eigenvalue weighted by Crippen LogP contribution is -2.38. The van der Waals surface area contributed by atoms with Crippen molar-refractivity contribution < 1.29 is 23.9 Å². The summed E-state index contributed by atoms with van der Waals surface area (Å²) in [6, 6.07) is 9.35. The van der Waals surface area contributed by atoms with E-state index in [1.54, 1.807) is 0 Å². The van der Waals surface area contributed by atoms with Crippen LogP contribution in [0.5, 0.6) is 0 Å². The van der Waals surface area contributed by atoms with Crippen LogP contribution in [0.1, 0.15) is 24.8 Å². The second kappa shape index (κ2) is 11.5. The molecule has 0 saturated carbocycles. The Kier molecular flexibility index (Phi) is 10.9. The minimum Gasteiger partial charge on any atom is -0.444 e. The predicted octanol–water partition coefficient (Wildman–Crippen LogP) is 2.19. The summed E-state index contributed by atoms with van der Waals surface area (Å²) in [5.74, 6) is 0. The van der Waals surface area contributed by atoms with Crippen LogP contribution in [-0.4, -0.2) is 28.6 Å². The zero-order chi connectivity index (χ0) is 15.6. The topological polar surface area (TPSA) is 108 Å². The molecule has 0 bridgehead atoms. The standard InChI is InChI=1S/C13H21N2O5P.ClH/c16-13(20-11-12-7-3-1-4-8-12)15-14-9-5-2-6-10-21(17,18)19;/h1,3-4,7-8,14H,2,5-6,9-11H2,(H,15,16)(H2,17,18,19);1H. The number of ether oxygens (including phenoxy) is 1. The van der Waals surface area contributed by atoms with Crippen molar-refractivity contribution in [3.8, 4) is 0 Å². The van der Waals surface area contributed by atoms with Crippen LogP contribution in [0.4, 0.5) is 4.79 Å². The maximum Gasteiger partial charge on any atom is 0.421 e. The van der Waals surface area contributed by atoms with Crippen LogP contribution in [0.15, 0.2) is 30.3 Å². The van der Waals surface area contributed by atoms with Crippen LogP contribution >= 0.6 is 20.0 Å². The molecule has 0 aromatic heterocycles. The van der Waals surface area contributed by atoms with Gasteiger partial charge in [0.1, 0.15) is 6.61 Å². The highest BCUT2D eigenvalue weighted by Gasteiger charge is 2.10. The van der Waals surface area contributed by atoms with Gasteiger partial charge in [0.25, 0.3) is 0 Å². The number of benzene rings is 1. The molecule has 1 aromatic rings. The summed E-state index contributed by atoms with van der Waals surface area (Å²) in [5, 5.41) is 0. The van der Waals surface area contributed by atoms with Crippen molar-refractivity contribution in [1.29, 1.82) is 0 Å². The number of unbranched alkanes of at least 4 members (excludes halogenated alkanes) is 2. The number of hydrogen-bond donors (Lipinski definition) is 4. The molecule has 0 radical (unpaired) electrons. The Morgan fingerprint density at radius 3 is 2.45 bits per heavy atom. The second-order valence-electron chi connectivity index (χ2n) is 4.56. The second-order valence-corrected chi connectivity index (χ2v) is 6.34. The lowest BCUT2D eigenvalue weighted by Gasteiger charge is -2.08. The maximum absolute atomic E-state index is 11.3. The average molecular weight is 353 g/mol. The molecular weight excluding hydrogens is 331 g/mol. The Balaban J connectivity index is 0.00000441. The van der Waals surface area contributed by atoms with Crippen molar-refractivity contribution in [2.45, 2.75) is 25.9 Å². The fourth-order valence-electron chi connectivity index (χ4n) is 1.60. The van der Waals surface area contributed by atoms with E-state index in [9.17, 15) is 9.36 Å². The van der Waals surface area contributed by atoms with Gasteiger partial charge in [0, 0.05) is 12.7 Å². The summed E-state index contributed by atoms with van der Waals surface area (Å²) in [6.07, 6.45) is 1.19. The quantitative estimate of drug-likeness (QED) is 0.308. The van der Waals surface area contributed by atoms with Crippen LogP contribution in [0, 0.1) is 0 Å². The zero-order valence-electron chi connectivity index (χ0n) is 12.1. The molecule has 1 amide bonds. The van der Waals surface area contributed by atoms with Gasteiger partial charge in [0.05, 0.1) is 0 Å². The van der Waals surface area contributed by atoms with Crippen LogP contribution in [0.3, 0.4) is 0 Å². The van der Waals surface area contributed by atoms with E-state index in [0.717, 1.165) is 5.56 Å². The van der Waals surface area contributed by atoms with E-state index in [2.05, 4.69) is 10.9 Å². The molecular formula is C13H22ClN2O5P. The maximum atomic E-state index is 11.3. The molecule has 0 heterocycles. The smallest absolute Gasteiger partial charge is 0.421 e. The summed E-state index contributed by atoms with van der Waals surface area (Å²) in [7, 11) is -3.89. The van der Waals surface area contributed by atoms with E-state index in [1.807, 2.05) is 30.3 Å². The van der Waals surface area contributed by atoms with E-state index in [0.29, 0.717) is 25.8 Å². The highest BCUT2D eigenvalue weighted by Crippen LogP contribution is 2.35. The van der Waals surface area contributed by atoms with Crippen LogP contribution in [-0.2, 0) is 15.9 Å². The molecule has 1 rings (SSSR count). The fourth-order valence-corrected chi connectivity index (χ4v) is 2.24. The lowest BCUT2D eigenvalue weighted by atomic mass is 10.2. The molecule has 0 unspecified atom stereocenters. The number of amides is 1. The van der Waals surface area contributed by atoms with Gasteiger partial charge in [-0.15, -0.1) is 12.4 Å². The number of carbonyl (C=O) groups excluding carboxylic acids is 1. The number of rotatable bonds is 9. The SMILES string of the molecule is Cl.O=C(NNCCCCCP(=O)(O)O)OCc1ccccc1. The molecule has 0 fully saturated rings. The van der Waals surface area contributed by atoms with Gasteiger partial charge in [0.15, 0.2) is 0 Å². The van der Waals surface area contributed by atoms with Crippen molar-refractivity contribution in [3.05, 3.63) is 35.9 Å². The number of nitrogens with one attached hydrogen (secondary N) is 2. The number of hydrogen-bond acceptors (Lipinski definition) is 4. The van der Waals surface area contributed by atoms with Gasteiger partial charge in [0.2, 0.25) is 0 Å². The van der Waals surface area contributed by atoms with E-state index in [4.69, 9.17) is 14.5 Å². The van der Waals surface area contributed by atoms with Crippen LogP contribution in [0.2, 0.25) is 0 Å². The summed E-state index contributed by atoms with van der Waals surface area (Å²) < 4.78 is 15.6. The Hall–Kier alpha value is -1.11. The summed E-state index contributed by atoms with van der Waals surface area (Å²) in [6.45, 7) is 0.720. The molecule has 22 heavy (non-hydrogen) atoms. The third-order valence-corrected chi connectivity index (χ3v) is 3.55. The number of carbonyl (C=O) groups is 1. The molecule has 126 valence electrons. The summed E-state index contributed by atoms with van der Waals surface area (Å²) >= 11 is 0. The Morgan fingerprint density at radius 2 is 1.82 bits per heavy atom. The molecule has 0 spiro atoms. The molecule has 0 atom stereocenters. The summed E-state index contributed by atoms with van der Waals surface area (Å²) in [4.78, 5) is 28.7. The molecule has 0 aliphatic rings. The van der Waals surface area contributed by atoms with Crippen molar-refractivity contribution in [2.24, 2.45) is 0 Å². The summed E-state index contributed by atoms with van der Waals surface area (Å²) in [5.41, 5.74) is 6.00. The van der Waals surface area contributed by atoms with E-state index in [1.165, 1.54) is 0 Å². The van der Waals surface area contributed by atoms with Crippen LogP contribution in [0.25, 0.3) is 0 Å². The predicted molar refractivity (Wildman–Crippen MR) is 85.8 cm³/mol. The Bertz CT molecular complexity index is 469. The highest BCUT2D eigenvalue weighted by molar-refractivity contribution is 7.51. The van der Waals surface area contributed by atoms with Gasteiger partial charge < -0.3 is 14.5 Å². The lowest BCUT2D eigenvalue weighted by molar-refractivity contribution is 0.135. The first-order valence-corrected chi connectivity index (χ1v) is 8.51. The molecule has 9 heteroatoms. The van der Waals surface area contributed by atoms with Gasteiger partial charge in [-0.2, -0.15) is 0 Å². The van der Waals surface area contributed by atoms with Crippen molar-refractivity contribution >= 4 is 26.1 Å². The molecule has 0 saturated heterocycles. The molecule has 4 N–H and O–H groups in total. The van der Waals surface area contributed by atoms with Crippen LogP contribution < -0.4 is 10.9 Å². The van der Waals surface area contributed by atoms with E-state index >= 15 is 0 Å². The monoisotopic (exact) mass is 352 g/mol. The average Bonchev–Trinajstić information content (AvgIpc) is 2.44. The largest absolute Gasteiger partial charge is 0.444 e. The highest BCUT2D eigenvalue weighted by atomic mass is 35.5. The van der Waals surface area contributed by atoms with E-state index < -0.39 is 13.7 Å². The van der Waals surface area contributed by atoms with Gasteiger partial charge in [-0.1, -0.05) is 36.8 Å². The minimum absolute atomic E-state index is 0. The van der Waals surface area contributed by atoms with Crippen molar-refractivity contribution in [2.75, 3.05) is 12.7 Å². The Morgan fingerprint density at radius 1 is 1.14 bits per heavy atom. The minimum atomic E-state index is -3.89. The molecule has 1 aromatic carbocycles. The van der Waals surface area contributed by atoms with Crippen molar-refractivity contribution in [3.63, 3.8) is 0 Å². The number of halogens is 1.